The average Bonchev–Trinajstić information content (AvgIpc) is 2.12. The SMILES string of the molecule is CC(C)OCC[C@H](C#N)NC(=O)OC(C)(C)C. The number of nitrogens with one attached hydrogen (secondary N) is 1. The van der Waals surface area contributed by atoms with E-state index in [1.807, 2.05) is 19.9 Å². The lowest BCUT2D eigenvalue weighted by Gasteiger charge is -2.21. The zero-order chi connectivity index (χ0) is 13.5. The van der Waals surface area contributed by atoms with Crippen LogP contribution >= 0.6 is 0 Å². The van der Waals surface area contributed by atoms with Crippen LogP contribution in [0.25, 0.3) is 0 Å². The maximum atomic E-state index is 11.4. The van der Waals surface area contributed by atoms with E-state index in [1.54, 1.807) is 20.8 Å². The van der Waals surface area contributed by atoms with Gasteiger partial charge in [-0.2, -0.15) is 5.26 Å². The molecule has 0 aromatic rings. The Balaban J connectivity index is 3.97. The van der Waals surface area contributed by atoms with E-state index in [1.165, 1.54) is 0 Å². The minimum atomic E-state index is -0.580. The van der Waals surface area contributed by atoms with Crippen molar-refractivity contribution in [3.8, 4) is 6.07 Å². The molecule has 5 nitrogen and oxygen atoms in total. The lowest BCUT2D eigenvalue weighted by Crippen LogP contribution is -2.39. The van der Waals surface area contributed by atoms with Crippen molar-refractivity contribution in [2.75, 3.05) is 6.61 Å². The molecule has 98 valence electrons. The number of nitriles is 1. The molecule has 5 heteroatoms. The highest BCUT2D eigenvalue weighted by Gasteiger charge is 2.19. The van der Waals surface area contributed by atoms with Crippen molar-refractivity contribution in [2.45, 2.75) is 58.8 Å². The van der Waals surface area contributed by atoms with Crippen LogP contribution in [0.5, 0.6) is 0 Å². The molecule has 0 radical (unpaired) electrons. The van der Waals surface area contributed by atoms with Crippen molar-refractivity contribution in [3.63, 3.8) is 0 Å². The van der Waals surface area contributed by atoms with Gasteiger partial charge in [0.05, 0.1) is 12.2 Å². The Hall–Kier alpha value is -1.28. The molecule has 17 heavy (non-hydrogen) atoms. The van der Waals surface area contributed by atoms with Gasteiger partial charge < -0.3 is 14.8 Å². The van der Waals surface area contributed by atoms with Gasteiger partial charge in [0.1, 0.15) is 11.6 Å². The van der Waals surface area contributed by atoms with Gasteiger partial charge >= 0.3 is 6.09 Å². The summed E-state index contributed by atoms with van der Waals surface area (Å²) in [5.41, 5.74) is -0.557. The standard InChI is InChI=1S/C12H22N2O3/c1-9(2)16-7-6-10(8-13)14-11(15)17-12(3,4)5/h9-10H,6-7H2,1-5H3,(H,14,15)/t10-/m1/s1. The van der Waals surface area contributed by atoms with Crippen molar-refractivity contribution >= 4 is 6.09 Å². The van der Waals surface area contributed by atoms with Gasteiger partial charge in [-0.3, -0.25) is 0 Å². The smallest absolute Gasteiger partial charge is 0.408 e. The van der Waals surface area contributed by atoms with Crippen molar-refractivity contribution in [1.82, 2.24) is 5.32 Å². The maximum Gasteiger partial charge on any atom is 0.408 e. The molecule has 0 saturated carbocycles. The minimum Gasteiger partial charge on any atom is -0.444 e. The molecule has 0 saturated heterocycles. The van der Waals surface area contributed by atoms with Gasteiger partial charge in [0.2, 0.25) is 0 Å². The predicted octanol–water partition coefficient (Wildman–Crippen LogP) is 2.22. The quantitative estimate of drug-likeness (QED) is 0.802. The normalized spacial score (nSPS) is 13.0. The lowest BCUT2D eigenvalue weighted by molar-refractivity contribution is 0.0483. The molecule has 0 aromatic heterocycles. The highest BCUT2D eigenvalue weighted by atomic mass is 16.6. The predicted molar refractivity (Wildman–Crippen MR) is 64.5 cm³/mol. The second-order valence-electron chi connectivity index (χ2n) is 5.04. The van der Waals surface area contributed by atoms with E-state index in [9.17, 15) is 4.79 Å². The van der Waals surface area contributed by atoms with E-state index in [-0.39, 0.29) is 6.10 Å². The van der Waals surface area contributed by atoms with Gasteiger partial charge in [-0.1, -0.05) is 0 Å². The molecule has 0 aliphatic rings. The Morgan fingerprint density at radius 2 is 2.00 bits per heavy atom. The van der Waals surface area contributed by atoms with Crippen molar-refractivity contribution < 1.29 is 14.3 Å². The summed E-state index contributed by atoms with van der Waals surface area (Å²) in [5.74, 6) is 0. The number of nitrogens with zero attached hydrogens (tertiary/aromatic N) is 1. The number of hydrogen-bond acceptors (Lipinski definition) is 4. The third-order valence-electron chi connectivity index (χ3n) is 1.70. The highest BCUT2D eigenvalue weighted by molar-refractivity contribution is 5.68. The first-order valence-corrected chi connectivity index (χ1v) is 5.75. The summed E-state index contributed by atoms with van der Waals surface area (Å²) in [6.45, 7) is 9.60. The zero-order valence-corrected chi connectivity index (χ0v) is 11.2. The first-order chi connectivity index (χ1) is 7.74. The molecule has 0 aliphatic heterocycles. The number of carbonyl (C=O) groups is 1. The Kier molecular flexibility index (Phi) is 6.59. The monoisotopic (exact) mass is 242 g/mol. The first kappa shape index (κ1) is 15.7. The van der Waals surface area contributed by atoms with Gasteiger partial charge in [0.15, 0.2) is 0 Å². The Morgan fingerprint density at radius 1 is 1.41 bits per heavy atom. The van der Waals surface area contributed by atoms with E-state index in [2.05, 4.69) is 5.32 Å². The highest BCUT2D eigenvalue weighted by Crippen LogP contribution is 2.07. The fraction of sp³-hybridized carbons (Fsp3) is 0.833. The largest absolute Gasteiger partial charge is 0.444 e. The summed E-state index contributed by atoms with van der Waals surface area (Å²) in [6.07, 6.45) is -0.00189. The molecule has 0 fully saturated rings. The van der Waals surface area contributed by atoms with Crippen LogP contribution in [0.1, 0.15) is 41.0 Å². The fourth-order valence-electron chi connectivity index (χ4n) is 1.04. The Morgan fingerprint density at radius 3 is 2.41 bits per heavy atom. The van der Waals surface area contributed by atoms with Crippen LogP contribution in [0.2, 0.25) is 0 Å². The van der Waals surface area contributed by atoms with Crippen molar-refractivity contribution in [3.05, 3.63) is 0 Å². The fourth-order valence-corrected chi connectivity index (χ4v) is 1.04. The molecule has 1 amide bonds. The number of amides is 1. The Bertz CT molecular complexity index is 276. The van der Waals surface area contributed by atoms with E-state index in [0.717, 1.165) is 0 Å². The molecule has 1 atom stereocenters. The molecule has 0 aromatic carbocycles. The molecular formula is C12H22N2O3. The summed E-state index contributed by atoms with van der Waals surface area (Å²) in [5, 5.41) is 11.4. The number of alkyl carbamates (subject to hydrolysis) is 1. The van der Waals surface area contributed by atoms with Crippen molar-refractivity contribution in [1.29, 1.82) is 5.26 Å². The molecular weight excluding hydrogens is 220 g/mol. The summed E-state index contributed by atoms with van der Waals surface area (Å²) in [6, 6.07) is 1.42. The van der Waals surface area contributed by atoms with Crippen LogP contribution in [0.15, 0.2) is 0 Å². The van der Waals surface area contributed by atoms with Crippen LogP contribution in [-0.2, 0) is 9.47 Å². The maximum absolute atomic E-state index is 11.4. The molecule has 0 aliphatic carbocycles. The summed E-state index contributed by atoms with van der Waals surface area (Å²) in [7, 11) is 0. The summed E-state index contributed by atoms with van der Waals surface area (Å²) >= 11 is 0. The second kappa shape index (κ2) is 7.13. The van der Waals surface area contributed by atoms with Crippen LogP contribution in [0.3, 0.4) is 0 Å². The van der Waals surface area contributed by atoms with Crippen LogP contribution in [0.4, 0.5) is 4.79 Å². The minimum absolute atomic E-state index is 0.121. The summed E-state index contributed by atoms with van der Waals surface area (Å²) in [4.78, 5) is 11.4. The lowest BCUT2D eigenvalue weighted by atomic mass is 10.2. The van der Waals surface area contributed by atoms with Gasteiger partial charge in [0, 0.05) is 13.0 Å². The van der Waals surface area contributed by atoms with Crippen LogP contribution in [-0.4, -0.2) is 30.4 Å². The number of carbonyl (C=O) groups excluding carboxylic acids is 1. The number of hydrogen-bond donors (Lipinski definition) is 1. The third kappa shape index (κ3) is 9.64. The Labute approximate surface area is 103 Å². The first-order valence-electron chi connectivity index (χ1n) is 5.75. The van der Waals surface area contributed by atoms with E-state index in [0.29, 0.717) is 13.0 Å². The van der Waals surface area contributed by atoms with Crippen LogP contribution < -0.4 is 5.32 Å². The van der Waals surface area contributed by atoms with E-state index in [4.69, 9.17) is 14.7 Å². The van der Waals surface area contributed by atoms with Crippen molar-refractivity contribution in [2.24, 2.45) is 0 Å². The van der Waals surface area contributed by atoms with Gasteiger partial charge in [0.25, 0.3) is 0 Å². The molecule has 0 spiro atoms. The van der Waals surface area contributed by atoms with E-state index < -0.39 is 17.7 Å². The van der Waals surface area contributed by atoms with Gasteiger partial charge in [-0.25, -0.2) is 4.79 Å². The molecule has 1 N–H and O–H groups in total. The third-order valence-corrected chi connectivity index (χ3v) is 1.70. The van der Waals surface area contributed by atoms with E-state index >= 15 is 0 Å². The second-order valence-corrected chi connectivity index (χ2v) is 5.04. The molecule has 0 rings (SSSR count). The molecule has 0 bridgehead atoms. The zero-order valence-electron chi connectivity index (χ0n) is 11.2. The molecule has 0 heterocycles. The molecule has 0 unspecified atom stereocenters. The number of rotatable bonds is 5. The average molecular weight is 242 g/mol. The van der Waals surface area contributed by atoms with Gasteiger partial charge in [-0.05, 0) is 34.6 Å². The summed E-state index contributed by atoms with van der Waals surface area (Å²) < 4.78 is 10.4. The van der Waals surface area contributed by atoms with Crippen LogP contribution in [0, 0.1) is 11.3 Å². The number of ether oxygens (including phenoxy) is 2. The van der Waals surface area contributed by atoms with Gasteiger partial charge in [-0.15, -0.1) is 0 Å². The topological polar surface area (TPSA) is 71.3 Å².